The van der Waals surface area contributed by atoms with Gasteiger partial charge in [-0.1, -0.05) is 13.3 Å². The summed E-state index contributed by atoms with van der Waals surface area (Å²) in [6.07, 6.45) is 6.55. The standard InChI is InChI=1S/C16H25N3OS/c1-3-5-13(2)18-7-4-6-16(10-18)11-19(15(16)20)9-14-8-17-12-21-14/h8,12-13H,3-7,9-11H2,1-2H3/t13-,16-/m1/s1. The summed E-state index contributed by atoms with van der Waals surface area (Å²) in [6, 6.07) is 0.607. The molecular formula is C16H25N3OS. The van der Waals surface area contributed by atoms with Gasteiger partial charge in [0, 0.05) is 30.2 Å². The minimum Gasteiger partial charge on any atom is -0.336 e. The van der Waals surface area contributed by atoms with Crippen molar-refractivity contribution in [1.29, 1.82) is 0 Å². The second kappa shape index (κ2) is 6.05. The van der Waals surface area contributed by atoms with Crippen LogP contribution in [0.5, 0.6) is 0 Å². The monoisotopic (exact) mass is 307 g/mol. The lowest BCUT2D eigenvalue weighted by atomic mass is 9.72. The number of nitrogens with zero attached hydrogens (tertiary/aromatic N) is 3. The molecule has 0 N–H and O–H groups in total. The Morgan fingerprint density at radius 2 is 2.33 bits per heavy atom. The van der Waals surface area contributed by atoms with Crippen LogP contribution in [0.25, 0.3) is 0 Å². The van der Waals surface area contributed by atoms with E-state index in [4.69, 9.17) is 0 Å². The van der Waals surface area contributed by atoms with Gasteiger partial charge in [0.05, 0.1) is 17.5 Å². The van der Waals surface area contributed by atoms with Crippen LogP contribution < -0.4 is 0 Å². The third-order valence-corrected chi connectivity index (χ3v) is 5.77. The number of β-lactam (4-membered cyclic amide) rings is 1. The van der Waals surface area contributed by atoms with E-state index in [1.54, 1.807) is 11.3 Å². The number of rotatable bonds is 5. The summed E-state index contributed by atoms with van der Waals surface area (Å²) in [5.41, 5.74) is 1.76. The molecule has 0 saturated carbocycles. The Kier molecular flexibility index (Phi) is 4.31. The molecule has 2 atom stereocenters. The predicted octanol–water partition coefficient (Wildman–Crippen LogP) is 2.76. The Hall–Kier alpha value is -0.940. The zero-order valence-corrected chi connectivity index (χ0v) is 13.9. The van der Waals surface area contributed by atoms with Gasteiger partial charge in [0.2, 0.25) is 5.91 Å². The molecule has 2 aliphatic heterocycles. The molecule has 2 fully saturated rings. The van der Waals surface area contributed by atoms with E-state index >= 15 is 0 Å². The van der Waals surface area contributed by atoms with Crippen LogP contribution in [0.2, 0.25) is 0 Å². The van der Waals surface area contributed by atoms with Gasteiger partial charge in [-0.3, -0.25) is 14.7 Å². The molecule has 4 nitrogen and oxygen atoms in total. The summed E-state index contributed by atoms with van der Waals surface area (Å²) < 4.78 is 0. The maximum Gasteiger partial charge on any atom is 0.232 e. The lowest BCUT2D eigenvalue weighted by Gasteiger charge is -2.54. The summed E-state index contributed by atoms with van der Waals surface area (Å²) in [4.78, 5) is 22.5. The van der Waals surface area contributed by atoms with Gasteiger partial charge in [-0.2, -0.15) is 0 Å². The molecule has 2 saturated heterocycles. The van der Waals surface area contributed by atoms with Gasteiger partial charge in [0.25, 0.3) is 0 Å². The van der Waals surface area contributed by atoms with Crippen molar-refractivity contribution in [3.63, 3.8) is 0 Å². The number of carbonyl (C=O) groups is 1. The predicted molar refractivity (Wildman–Crippen MR) is 85.1 cm³/mol. The first-order chi connectivity index (χ1) is 10.1. The van der Waals surface area contributed by atoms with Gasteiger partial charge in [0.1, 0.15) is 0 Å². The molecule has 2 aliphatic rings. The third kappa shape index (κ3) is 2.86. The third-order valence-electron chi connectivity index (χ3n) is 5.00. The molecule has 21 heavy (non-hydrogen) atoms. The Bertz CT molecular complexity index is 490. The molecule has 1 spiro atoms. The van der Waals surface area contributed by atoms with E-state index in [1.165, 1.54) is 17.7 Å². The van der Waals surface area contributed by atoms with Gasteiger partial charge in [-0.25, -0.2) is 0 Å². The number of aromatic nitrogens is 1. The van der Waals surface area contributed by atoms with Crippen molar-refractivity contribution in [3.05, 3.63) is 16.6 Å². The molecule has 0 bridgehead atoms. The number of hydrogen-bond donors (Lipinski definition) is 0. The van der Waals surface area contributed by atoms with Crippen molar-refractivity contribution in [2.45, 2.75) is 52.1 Å². The molecule has 3 rings (SSSR count). The van der Waals surface area contributed by atoms with Gasteiger partial charge in [-0.15, -0.1) is 11.3 Å². The first-order valence-electron chi connectivity index (χ1n) is 8.05. The summed E-state index contributed by atoms with van der Waals surface area (Å²) in [6.45, 7) is 8.34. The van der Waals surface area contributed by atoms with Gasteiger partial charge in [-0.05, 0) is 32.7 Å². The smallest absolute Gasteiger partial charge is 0.232 e. The molecule has 0 radical (unpaired) electrons. The van der Waals surface area contributed by atoms with Crippen molar-refractivity contribution in [2.75, 3.05) is 19.6 Å². The zero-order valence-electron chi connectivity index (χ0n) is 13.0. The maximum absolute atomic E-state index is 12.7. The highest BCUT2D eigenvalue weighted by Crippen LogP contribution is 2.41. The van der Waals surface area contributed by atoms with E-state index in [-0.39, 0.29) is 5.41 Å². The van der Waals surface area contributed by atoms with E-state index in [0.717, 1.165) is 39.0 Å². The molecule has 116 valence electrons. The highest BCUT2D eigenvalue weighted by atomic mass is 32.1. The summed E-state index contributed by atoms with van der Waals surface area (Å²) in [7, 11) is 0. The fraction of sp³-hybridized carbons (Fsp3) is 0.750. The Morgan fingerprint density at radius 3 is 3.00 bits per heavy atom. The lowest BCUT2D eigenvalue weighted by Crippen LogP contribution is -2.67. The molecule has 3 heterocycles. The second-order valence-corrected chi connectivity index (χ2v) is 7.59. The van der Waals surface area contributed by atoms with Crippen molar-refractivity contribution in [1.82, 2.24) is 14.8 Å². The fourth-order valence-corrected chi connectivity index (χ4v) is 4.44. The first-order valence-corrected chi connectivity index (χ1v) is 8.93. The van der Waals surface area contributed by atoms with E-state index < -0.39 is 0 Å². The largest absolute Gasteiger partial charge is 0.336 e. The zero-order chi connectivity index (χ0) is 14.9. The Balaban J connectivity index is 1.60. The van der Waals surface area contributed by atoms with Crippen LogP contribution in [-0.2, 0) is 11.3 Å². The molecule has 5 heteroatoms. The normalized spacial score (nSPS) is 27.9. The molecule has 1 aromatic heterocycles. The van der Waals surface area contributed by atoms with Crippen LogP contribution in [0, 0.1) is 5.41 Å². The van der Waals surface area contributed by atoms with Crippen molar-refractivity contribution < 1.29 is 4.79 Å². The van der Waals surface area contributed by atoms with Crippen molar-refractivity contribution in [3.8, 4) is 0 Å². The number of thiazole rings is 1. The quantitative estimate of drug-likeness (QED) is 0.785. The van der Waals surface area contributed by atoms with Crippen LogP contribution in [0.1, 0.15) is 44.4 Å². The minimum atomic E-state index is -0.0784. The van der Waals surface area contributed by atoms with Gasteiger partial charge in [0.15, 0.2) is 0 Å². The maximum atomic E-state index is 12.7. The van der Waals surface area contributed by atoms with E-state index in [0.29, 0.717) is 11.9 Å². The van der Waals surface area contributed by atoms with Crippen LogP contribution in [0.15, 0.2) is 11.7 Å². The minimum absolute atomic E-state index is 0.0784. The van der Waals surface area contributed by atoms with Crippen LogP contribution in [0.4, 0.5) is 0 Å². The van der Waals surface area contributed by atoms with Crippen molar-refractivity contribution in [2.24, 2.45) is 5.41 Å². The number of hydrogen-bond acceptors (Lipinski definition) is 4. The van der Waals surface area contributed by atoms with Crippen molar-refractivity contribution >= 4 is 17.2 Å². The topological polar surface area (TPSA) is 36.4 Å². The molecule has 1 aromatic rings. The molecule has 1 amide bonds. The number of amides is 1. The first kappa shape index (κ1) is 15.0. The van der Waals surface area contributed by atoms with E-state index in [2.05, 4.69) is 23.7 Å². The Morgan fingerprint density at radius 1 is 1.48 bits per heavy atom. The fourth-order valence-electron chi connectivity index (χ4n) is 3.83. The van der Waals surface area contributed by atoms with Gasteiger partial charge < -0.3 is 4.90 Å². The van der Waals surface area contributed by atoms with E-state index in [9.17, 15) is 4.79 Å². The molecule has 0 aliphatic carbocycles. The van der Waals surface area contributed by atoms with E-state index in [1.807, 2.05) is 16.6 Å². The number of carbonyl (C=O) groups excluding carboxylic acids is 1. The number of likely N-dealkylation sites (tertiary alicyclic amines) is 2. The average Bonchev–Trinajstić information content (AvgIpc) is 3.00. The number of piperidine rings is 1. The van der Waals surface area contributed by atoms with Crippen LogP contribution in [0.3, 0.4) is 0 Å². The molecule has 0 unspecified atom stereocenters. The molecular weight excluding hydrogens is 282 g/mol. The second-order valence-electron chi connectivity index (χ2n) is 6.62. The van der Waals surface area contributed by atoms with Gasteiger partial charge >= 0.3 is 0 Å². The summed E-state index contributed by atoms with van der Waals surface area (Å²) >= 11 is 1.63. The van der Waals surface area contributed by atoms with Crippen LogP contribution in [-0.4, -0.2) is 46.4 Å². The average molecular weight is 307 g/mol. The Labute approximate surface area is 131 Å². The SMILES string of the molecule is CCC[C@@H](C)N1CCC[C@]2(CN(Cc3cncs3)C2=O)C1. The summed E-state index contributed by atoms with van der Waals surface area (Å²) in [5, 5.41) is 0. The summed E-state index contributed by atoms with van der Waals surface area (Å²) in [5.74, 6) is 0.365. The lowest BCUT2D eigenvalue weighted by molar-refractivity contribution is -0.168. The van der Waals surface area contributed by atoms with Crippen LogP contribution >= 0.6 is 11.3 Å². The molecule has 0 aromatic carbocycles. The highest BCUT2D eigenvalue weighted by Gasteiger charge is 2.53. The highest BCUT2D eigenvalue weighted by molar-refractivity contribution is 7.09.